The first-order valence-corrected chi connectivity index (χ1v) is 8.11. The topological polar surface area (TPSA) is 21.3 Å². The third-order valence-electron chi connectivity index (χ3n) is 5.22. The Morgan fingerprint density at radius 1 is 1.35 bits per heavy atom. The van der Waals surface area contributed by atoms with Crippen molar-refractivity contribution < 1.29 is 4.74 Å². The molecule has 0 amide bonds. The number of hydrogen-bond acceptors (Lipinski definition) is 2. The minimum absolute atomic E-state index is 0.243. The fourth-order valence-electron chi connectivity index (χ4n) is 4.17. The van der Waals surface area contributed by atoms with E-state index in [-0.39, 0.29) is 6.10 Å². The van der Waals surface area contributed by atoms with Gasteiger partial charge in [0.05, 0.1) is 6.10 Å². The summed E-state index contributed by atoms with van der Waals surface area (Å²) in [5, 5.41) is 3.71. The van der Waals surface area contributed by atoms with Crippen LogP contribution in [-0.4, -0.2) is 18.7 Å². The van der Waals surface area contributed by atoms with Gasteiger partial charge in [-0.25, -0.2) is 0 Å². The largest absolute Gasteiger partial charge is 0.491 e. The van der Waals surface area contributed by atoms with E-state index in [1.165, 1.54) is 31.2 Å². The van der Waals surface area contributed by atoms with Gasteiger partial charge in [-0.1, -0.05) is 25.5 Å². The normalized spacial score (nSPS) is 33.2. The van der Waals surface area contributed by atoms with Gasteiger partial charge < -0.3 is 10.1 Å². The lowest BCUT2D eigenvalue weighted by Crippen LogP contribution is -2.54. The van der Waals surface area contributed by atoms with Crippen molar-refractivity contribution in [1.82, 2.24) is 5.32 Å². The van der Waals surface area contributed by atoms with E-state index < -0.39 is 0 Å². The average Bonchev–Trinajstić information content (AvgIpc) is 2.43. The maximum absolute atomic E-state index is 5.90. The molecule has 0 radical (unpaired) electrons. The summed E-state index contributed by atoms with van der Waals surface area (Å²) in [4.78, 5) is 0. The number of hydrogen-bond donors (Lipinski definition) is 1. The number of rotatable bonds is 3. The Hall–Kier alpha value is -1.02. The van der Waals surface area contributed by atoms with Gasteiger partial charge in [0.15, 0.2) is 0 Å². The van der Waals surface area contributed by atoms with Crippen molar-refractivity contribution in [2.45, 2.75) is 64.0 Å². The highest BCUT2D eigenvalue weighted by Gasteiger charge is 2.45. The molecule has 1 aromatic rings. The van der Waals surface area contributed by atoms with Crippen LogP contribution in [0.5, 0.6) is 5.75 Å². The Morgan fingerprint density at radius 3 is 3.00 bits per heavy atom. The first-order valence-electron chi connectivity index (χ1n) is 8.11. The third kappa shape index (κ3) is 2.46. The number of benzene rings is 1. The fourth-order valence-corrected chi connectivity index (χ4v) is 4.17. The van der Waals surface area contributed by atoms with Crippen molar-refractivity contribution in [3.63, 3.8) is 0 Å². The molecule has 3 rings (SSSR count). The molecule has 0 spiro atoms. The summed E-state index contributed by atoms with van der Waals surface area (Å²) in [5.41, 5.74) is 1.86. The Balaban J connectivity index is 1.93. The Kier molecular flexibility index (Phi) is 3.76. The quantitative estimate of drug-likeness (QED) is 0.902. The highest BCUT2D eigenvalue weighted by Crippen LogP contribution is 2.47. The van der Waals surface area contributed by atoms with Gasteiger partial charge in [0.2, 0.25) is 0 Å². The molecule has 3 atom stereocenters. The van der Waals surface area contributed by atoms with Gasteiger partial charge in [0.1, 0.15) is 5.75 Å². The molecular formula is C18H27NO. The van der Waals surface area contributed by atoms with Crippen molar-refractivity contribution in [3.05, 3.63) is 29.8 Å². The predicted molar refractivity (Wildman–Crippen MR) is 83.3 cm³/mol. The van der Waals surface area contributed by atoms with E-state index in [9.17, 15) is 0 Å². The zero-order valence-corrected chi connectivity index (χ0v) is 13.0. The summed E-state index contributed by atoms with van der Waals surface area (Å²) in [6.07, 6.45) is 5.55. The van der Waals surface area contributed by atoms with Crippen LogP contribution in [0.4, 0.5) is 0 Å². The minimum Gasteiger partial charge on any atom is -0.491 e. The predicted octanol–water partition coefficient (Wildman–Crippen LogP) is 3.89. The average molecular weight is 273 g/mol. The highest BCUT2D eigenvalue weighted by atomic mass is 16.5. The number of piperidine rings is 1. The van der Waals surface area contributed by atoms with E-state index in [1.807, 2.05) is 0 Å². The summed E-state index contributed by atoms with van der Waals surface area (Å²) in [5.74, 6) is 1.73. The Morgan fingerprint density at radius 2 is 2.20 bits per heavy atom. The number of fused-ring (bicyclic) bond motifs is 2. The molecular weight excluding hydrogens is 246 g/mol. The maximum atomic E-state index is 5.90. The molecule has 1 N–H and O–H groups in total. The monoisotopic (exact) mass is 273 g/mol. The summed E-state index contributed by atoms with van der Waals surface area (Å²) < 4.78 is 5.90. The van der Waals surface area contributed by atoms with Gasteiger partial charge in [-0.3, -0.25) is 0 Å². The smallest absolute Gasteiger partial charge is 0.119 e. The molecule has 2 nitrogen and oxygen atoms in total. The van der Waals surface area contributed by atoms with Crippen molar-refractivity contribution in [1.29, 1.82) is 0 Å². The number of ether oxygens (including phenoxy) is 1. The lowest BCUT2D eigenvalue weighted by Gasteiger charge is -2.50. The molecule has 2 heteroatoms. The van der Waals surface area contributed by atoms with Crippen molar-refractivity contribution in [2.24, 2.45) is 5.92 Å². The van der Waals surface area contributed by atoms with Crippen LogP contribution in [0, 0.1) is 5.92 Å². The zero-order chi connectivity index (χ0) is 14.2. The van der Waals surface area contributed by atoms with Crippen molar-refractivity contribution >= 4 is 0 Å². The van der Waals surface area contributed by atoms with Crippen molar-refractivity contribution in [3.8, 4) is 5.75 Å². The summed E-state index contributed by atoms with van der Waals surface area (Å²) in [6, 6.07) is 9.59. The van der Waals surface area contributed by atoms with Gasteiger partial charge in [0, 0.05) is 11.5 Å². The van der Waals surface area contributed by atoms with Crippen molar-refractivity contribution in [2.75, 3.05) is 6.54 Å². The SMILES string of the molecule is CC(C)Oc1cccc([C@@]23CCC[C@@H](C2)NC[C@H]3C)c1. The molecule has 2 bridgehead atoms. The molecule has 1 aliphatic carbocycles. The highest BCUT2D eigenvalue weighted by molar-refractivity contribution is 5.36. The van der Waals surface area contributed by atoms with Gasteiger partial charge in [0.25, 0.3) is 0 Å². The van der Waals surface area contributed by atoms with Gasteiger partial charge in [-0.05, 0) is 63.3 Å². The van der Waals surface area contributed by atoms with Crippen LogP contribution in [0.1, 0.15) is 52.0 Å². The van der Waals surface area contributed by atoms with Gasteiger partial charge in [-0.15, -0.1) is 0 Å². The molecule has 1 aliphatic heterocycles. The van der Waals surface area contributed by atoms with E-state index in [1.54, 1.807) is 0 Å². The molecule has 1 saturated carbocycles. The zero-order valence-electron chi connectivity index (χ0n) is 13.0. The van der Waals surface area contributed by atoms with Crippen LogP contribution in [0.15, 0.2) is 24.3 Å². The van der Waals surface area contributed by atoms with Crippen LogP contribution in [0.3, 0.4) is 0 Å². The number of nitrogens with one attached hydrogen (secondary N) is 1. The van der Waals surface area contributed by atoms with Crippen LogP contribution in [0.2, 0.25) is 0 Å². The first-order chi connectivity index (χ1) is 9.60. The second-order valence-electron chi connectivity index (χ2n) is 6.95. The van der Waals surface area contributed by atoms with Crippen LogP contribution in [0.25, 0.3) is 0 Å². The molecule has 20 heavy (non-hydrogen) atoms. The molecule has 1 heterocycles. The minimum atomic E-state index is 0.243. The third-order valence-corrected chi connectivity index (χ3v) is 5.22. The molecule has 1 aromatic carbocycles. The molecule has 2 aliphatic rings. The first kappa shape index (κ1) is 13.9. The molecule has 2 fully saturated rings. The lowest BCUT2D eigenvalue weighted by molar-refractivity contribution is 0.119. The van der Waals surface area contributed by atoms with E-state index in [2.05, 4.69) is 50.4 Å². The fraction of sp³-hybridized carbons (Fsp3) is 0.667. The van der Waals surface area contributed by atoms with Crippen LogP contribution in [-0.2, 0) is 5.41 Å². The van der Waals surface area contributed by atoms with E-state index in [4.69, 9.17) is 4.74 Å². The molecule has 0 aromatic heterocycles. The summed E-state index contributed by atoms with van der Waals surface area (Å²) in [7, 11) is 0. The van der Waals surface area contributed by atoms with Gasteiger partial charge >= 0.3 is 0 Å². The van der Waals surface area contributed by atoms with Crippen LogP contribution >= 0.6 is 0 Å². The van der Waals surface area contributed by atoms with E-state index in [0.29, 0.717) is 11.3 Å². The molecule has 1 saturated heterocycles. The van der Waals surface area contributed by atoms with Gasteiger partial charge in [-0.2, -0.15) is 0 Å². The standard InChI is InChI=1S/C18H27NO/c1-13(2)20-17-8-4-6-15(10-17)18-9-5-7-16(11-18)19-12-14(18)3/h4,6,8,10,13-14,16,19H,5,7,9,11-12H2,1-3H3/t14-,16+,18+/m1/s1. The Bertz CT molecular complexity index is 470. The summed E-state index contributed by atoms with van der Waals surface area (Å²) in [6.45, 7) is 7.74. The van der Waals surface area contributed by atoms with E-state index >= 15 is 0 Å². The molecule has 0 unspecified atom stereocenters. The van der Waals surface area contributed by atoms with Crippen LogP contribution < -0.4 is 10.1 Å². The second-order valence-corrected chi connectivity index (χ2v) is 6.95. The lowest BCUT2D eigenvalue weighted by atomic mass is 9.59. The van der Waals surface area contributed by atoms with E-state index in [0.717, 1.165) is 18.3 Å². The maximum Gasteiger partial charge on any atom is 0.119 e. The molecule has 110 valence electrons. The summed E-state index contributed by atoms with van der Waals surface area (Å²) >= 11 is 0. The second kappa shape index (κ2) is 5.40. The Labute approximate surface area is 122 Å².